The van der Waals surface area contributed by atoms with E-state index in [2.05, 4.69) is 20.8 Å². The maximum Gasteiger partial charge on any atom is 0.243 e. The van der Waals surface area contributed by atoms with Crippen molar-refractivity contribution in [2.75, 3.05) is 20.6 Å². The van der Waals surface area contributed by atoms with Crippen LogP contribution in [0.25, 0.3) is 0 Å². The van der Waals surface area contributed by atoms with Gasteiger partial charge >= 0.3 is 0 Å². The molecule has 1 aliphatic rings. The summed E-state index contributed by atoms with van der Waals surface area (Å²) in [6.07, 6.45) is 4.93. The molecule has 1 aromatic rings. The number of benzene rings is 1. The number of guanidine groups is 1. The number of amidine groups is 1. The molecule has 14 heteroatoms. The van der Waals surface area contributed by atoms with Gasteiger partial charge in [-0.25, -0.2) is 0 Å². The highest BCUT2D eigenvalue weighted by Crippen LogP contribution is 2.27. The zero-order chi connectivity index (χ0) is 30.5. The third kappa shape index (κ3) is 10.3. The van der Waals surface area contributed by atoms with Gasteiger partial charge in [0.05, 0.1) is 0 Å². The van der Waals surface area contributed by atoms with E-state index >= 15 is 0 Å². The van der Waals surface area contributed by atoms with Gasteiger partial charge < -0.3 is 43.7 Å². The molecule has 226 valence electrons. The monoisotopic (exact) mass is 573 g/mol. The highest BCUT2D eigenvalue weighted by Gasteiger charge is 2.36. The molecule has 0 unspecified atom stereocenters. The van der Waals surface area contributed by atoms with Gasteiger partial charge in [0.15, 0.2) is 11.8 Å². The predicted molar refractivity (Wildman–Crippen MR) is 154 cm³/mol. The van der Waals surface area contributed by atoms with Gasteiger partial charge in [-0.3, -0.25) is 24.2 Å². The molecule has 0 heterocycles. The SMILES string of the molecule is CN(C)C(=O)[C@H](Cc1ccc(/C(N)=N/O)cc1)C(=O)N[C@H](C(=O)N[C@@H](CCCN=C(N)N)C(N)=O)C1CCCCC1. The molecule has 14 nitrogen and oxygen atoms in total. The first kappa shape index (κ1) is 32.8. The second-order valence-electron chi connectivity index (χ2n) is 10.5. The van der Waals surface area contributed by atoms with Crippen LogP contribution >= 0.6 is 0 Å². The van der Waals surface area contributed by atoms with Gasteiger partial charge in [0.25, 0.3) is 0 Å². The summed E-state index contributed by atoms with van der Waals surface area (Å²) in [7, 11) is 3.10. The predicted octanol–water partition coefficient (Wildman–Crippen LogP) is -0.883. The smallest absolute Gasteiger partial charge is 0.243 e. The molecule has 1 saturated carbocycles. The molecule has 0 aliphatic heterocycles. The molecule has 4 amide bonds. The van der Waals surface area contributed by atoms with Crippen molar-refractivity contribution in [1.82, 2.24) is 15.5 Å². The summed E-state index contributed by atoms with van der Waals surface area (Å²) in [5, 5.41) is 17.4. The van der Waals surface area contributed by atoms with Crippen molar-refractivity contribution in [3.8, 4) is 0 Å². The van der Waals surface area contributed by atoms with Gasteiger partial charge in [0.1, 0.15) is 18.0 Å². The Morgan fingerprint density at radius 2 is 1.61 bits per heavy atom. The van der Waals surface area contributed by atoms with E-state index in [-0.39, 0.29) is 37.1 Å². The number of hydrogen-bond donors (Lipinski definition) is 7. The van der Waals surface area contributed by atoms with Crippen LogP contribution < -0.4 is 33.6 Å². The van der Waals surface area contributed by atoms with Crippen LogP contribution in [-0.4, -0.2) is 78.3 Å². The zero-order valence-electron chi connectivity index (χ0n) is 23.7. The Hall–Kier alpha value is -4.36. The minimum atomic E-state index is -1.12. The second kappa shape index (κ2) is 16.0. The lowest BCUT2D eigenvalue weighted by molar-refractivity contribution is -0.142. The summed E-state index contributed by atoms with van der Waals surface area (Å²) < 4.78 is 0. The number of amides is 4. The van der Waals surface area contributed by atoms with Gasteiger partial charge in [0.2, 0.25) is 23.6 Å². The molecule has 1 aliphatic carbocycles. The number of nitrogens with two attached hydrogens (primary N) is 4. The number of oxime groups is 1. The number of carbonyl (C=O) groups is 4. The fourth-order valence-corrected chi connectivity index (χ4v) is 4.88. The third-order valence-electron chi connectivity index (χ3n) is 7.16. The second-order valence-corrected chi connectivity index (χ2v) is 10.5. The van der Waals surface area contributed by atoms with Crippen molar-refractivity contribution in [3.63, 3.8) is 0 Å². The standard InChI is InChI=1S/C27H43N9O5/c1-36(2)26(40)19(15-16-10-12-18(13-11-16)22(28)35-41)24(38)34-21(17-7-4-3-5-8-17)25(39)33-20(23(29)37)9-6-14-32-27(30)31/h10-13,17,19-21,41H,3-9,14-15H2,1-2H3,(H2,28,35)(H2,29,37)(H,33,39)(H,34,38)(H4,30,31,32)/t19-,20+,21+/m1/s1. The average Bonchev–Trinajstić information content (AvgIpc) is 2.95. The van der Waals surface area contributed by atoms with E-state index in [0.717, 1.165) is 19.3 Å². The number of nitrogens with one attached hydrogen (secondary N) is 2. The fraction of sp³-hybridized carbons (Fsp3) is 0.556. The van der Waals surface area contributed by atoms with Gasteiger partial charge in [-0.2, -0.15) is 0 Å². The Labute approximate surface area is 239 Å². The molecular formula is C27H43N9O5. The molecule has 2 rings (SSSR count). The Bertz CT molecular complexity index is 1110. The normalized spacial score (nSPS) is 16.1. The van der Waals surface area contributed by atoms with Gasteiger partial charge in [-0.05, 0) is 43.6 Å². The summed E-state index contributed by atoms with van der Waals surface area (Å²) in [5.74, 6) is -3.71. The van der Waals surface area contributed by atoms with Crippen molar-refractivity contribution < 1.29 is 24.4 Å². The highest BCUT2D eigenvalue weighted by molar-refractivity contribution is 6.02. The lowest BCUT2D eigenvalue weighted by Crippen LogP contribution is -2.57. The number of hydrogen-bond acceptors (Lipinski definition) is 7. The maximum absolute atomic E-state index is 13.6. The van der Waals surface area contributed by atoms with E-state index in [0.29, 0.717) is 30.4 Å². The van der Waals surface area contributed by atoms with Gasteiger partial charge in [-0.1, -0.05) is 48.7 Å². The molecule has 41 heavy (non-hydrogen) atoms. The van der Waals surface area contributed by atoms with Crippen LogP contribution in [-0.2, 0) is 25.6 Å². The molecule has 0 spiro atoms. The minimum Gasteiger partial charge on any atom is -0.409 e. The summed E-state index contributed by atoms with van der Waals surface area (Å²) in [6.45, 7) is 0.263. The molecule has 0 saturated heterocycles. The van der Waals surface area contributed by atoms with Gasteiger partial charge in [-0.15, -0.1) is 0 Å². The molecule has 0 bridgehead atoms. The average molecular weight is 574 g/mol. The fourth-order valence-electron chi connectivity index (χ4n) is 4.88. The lowest BCUT2D eigenvalue weighted by atomic mass is 9.83. The van der Waals surface area contributed by atoms with E-state index < -0.39 is 41.6 Å². The van der Waals surface area contributed by atoms with Gasteiger partial charge in [0, 0.05) is 26.2 Å². The van der Waals surface area contributed by atoms with Crippen molar-refractivity contribution >= 4 is 35.4 Å². The van der Waals surface area contributed by atoms with Crippen molar-refractivity contribution in [2.24, 2.45) is 44.9 Å². The largest absolute Gasteiger partial charge is 0.409 e. The van der Waals surface area contributed by atoms with Crippen LogP contribution in [0, 0.1) is 11.8 Å². The van der Waals surface area contributed by atoms with Crippen molar-refractivity contribution in [2.45, 2.75) is 63.5 Å². The van der Waals surface area contributed by atoms with Crippen LogP contribution in [0.4, 0.5) is 0 Å². The molecule has 1 aromatic carbocycles. The van der Waals surface area contributed by atoms with Crippen LogP contribution in [0.15, 0.2) is 34.4 Å². The number of rotatable bonds is 14. The number of aliphatic imine (C=N–C) groups is 1. The maximum atomic E-state index is 13.6. The van der Waals surface area contributed by atoms with E-state index in [9.17, 15) is 19.2 Å². The zero-order valence-corrected chi connectivity index (χ0v) is 23.7. The Kier molecular flexibility index (Phi) is 12.8. The quantitative estimate of drug-likeness (QED) is 0.0367. The van der Waals surface area contributed by atoms with E-state index in [1.807, 2.05) is 0 Å². The first-order valence-corrected chi connectivity index (χ1v) is 13.7. The highest BCUT2D eigenvalue weighted by atomic mass is 16.4. The van der Waals surface area contributed by atoms with Crippen LogP contribution in [0.2, 0.25) is 0 Å². The first-order chi connectivity index (χ1) is 19.4. The number of primary amides is 1. The molecule has 0 aromatic heterocycles. The topological polar surface area (TPSA) is 245 Å². The Balaban J connectivity index is 2.26. The van der Waals surface area contributed by atoms with E-state index in [4.69, 9.17) is 28.1 Å². The van der Waals surface area contributed by atoms with Crippen molar-refractivity contribution in [1.29, 1.82) is 0 Å². The van der Waals surface area contributed by atoms with Crippen molar-refractivity contribution in [3.05, 3.63) is 35.4 Å². The molecule has 3 atom stereocenters. The molecule has 11 N–H and O–H groups in total. The molecule has 0 radical (unpaired) electrons. The first-order valence-electron chi connectivity index (χ1n) is 13.7. The minimum absolute atomic E-state index is 0.0625. The van der Waals surface area contributed by atoms with Crippen LogP contribution in [0.5, 0.6) is 0 Å². The lowest BCUT2D eigenvalue weighted by Gasteiger charge is -2.32. The number of nitrogens with zero attached hydrogens (tertiary/aromatic N) is 3. The van der Waals surface area contributed by atoms with E-state index in [1.165, 1.54) is 4.90 Å². The van der Waals surface area contributed by atoms with E-state index in [1.54, 1.807) is 38.4 Å². The summed E-state index contributed by atoms with van der Waals surface area (Å²) in [5.41, 5.74) is 23.0. The summed E-state index contributed by atoms with van der Waals surface area (Å²) in [4.78, 5) is 57.5. The molecule has 1 fully saturated rings. The Morgan fingerprint density at radius 1 is 0.976 bits per heavy atom. The summed E-state index contributed by atoms with van der Waals surface area (Å²) in [6, 6.07) is 4.67. The van der Waals surface area contributed by atoms with Crippen LogP contribution in [0.3, 0.4) is 0 Å². The van der Waals surface area contributed by atoms with Crippen LogP contribution in [0.1, 0.15) is 56.1 Å². The summed E-state index contributed by atoms with van der Waals surface area (Å²) >= 11 is 0. The molecular weight excluding hydrogens is 530 g/mol. The Morgan fingerprint density at radius 3 is 2.15 bits per heavy atom. The number of carbonyl (C=O) groups excluding carboxylic acids is 4. The third-order valence-corrected chi connectivity index (χ3v) is 7.16.